The average molecular weight is 249 g/mol. The number of aromatic nitrogens is 1. The predicted octanol–water partition coefficient (Wildman–Crippen LogP) is 2.37. The van der Waals surface area contributed by atoms with E-state index in [1.54, 1.807) is 0 Å². The molecule has 0 amide bonds. The second-order valence-corrected chi connectivity index (χ2v) is 4.92. The summed E-state index contributed by atoms with van der Waals surface area (Å²) in [7, 11) is 2.20. The van der Waals surface area contributed by atoms with Crippen LogP contribution in [0.15, 0.2) is 18.2 Å². The molecule has 1 aliphatic carbocycles. The van der Waals surface area contributed by atoms with Gasteiger partial charge in [-0.3, -0.25) is 4.90 Å². The van der Waals surface area contributed by atoms with Crippen molar-refractivity contribution in [1.82, 2.24) is 9.88 Å². The number of hydrogen-bond donors (Lipinski definition) is 1. The minimum absolute atomic E-state index is 0.523. The summed E-state index contributed by atoms with van der Waals surface area (Å²) in [6, 6.07) is 7.15. The fraction of sp³-hybridized carbons (Fsp3) is 0.643. The quantitative estimate of drug-likeness (QED) is 0.805. The molecule has 1 aliphatic rings. The second-order valence-electron chi connectivity index (χ2n) is 4.92. The molecule has 1 unspecified atom stereocenters. The van der Waals surface area contributed by atoms with Gasteiger partial charge in [-0.25, -0.2) is 0 Å². The molecule has 2 rings (SSSR count). The summed E-state index contributed by atoms with van der Waals surface area (Å²) < 4.78 is 5.39. The first-order valence-electron chi connectivity index (χ1n) is 6.76. The second kappa shape index (κ2) is 6.05. The van der Waals surface area contributed by atoms with Crippen molar-refractivity contribution in [2.24, 2.45) is 0 Å². The van der Waals surface area contributed by atoms with E-state index in [0.29, 0.717) is 18.5 Å². The zero-order valence-electron chi connectivity index (χ0n) is 11.5. The van der Waals surface area contributed by atoms with E-state index >= 15 is 0 Å². The Balaban J connectivity index is 1.83. The predicted molar refractivity (Wildman–Crippen MR) is 74.1 cm³/mol. The molecule has 4 nitrogen and oxygen atoms in total. The highest BCUT2D eigenvalue weighted by Gasteiger charge is 2.28. The number of nitrogens with zero attached hydrogens (tertiary/aromatic N) is 2. The van der Waals surface area contributed by atoms with Gasteiger partial charge in [0, 0.05) is 24.7 Å². The summed E-state index contributed by atoms with van der Waals surface area (Å²) in [5.74, 6) is 1.57. The van der Waals surface area contributed by atoms with Gasteiger partial charge in [0.05, 0.1) is 6.61 Å². The summed E-state index contributed by atoms with van der Waals surface area (Å²) in [4.78, 5) is 6.85. The fourth-order valence-corrected chi connectivity index (χ4v) is 1.98. The Morgan fingerprint density at radius 2 is 2.28 bits per heavy atom. The summed E-state index contributed by atoms with van der Waals surface area (Å²) in [5, 5.41) is 3.37. The third kappa shape index (κ3) is 3.60. The maximum absolute atomic E-state index is 5.39. The van der Waals surface area contributed by atoms with Gasteiger partial charge in [0.1, 0.15) is 5.82 Å². The Bertz CT molecular complexity index is 379. The van der Waals surface area contributed by atoms with Crippen LogP contribution in [0.25, 0.3) is 0 Å². The topological polar surface area (TPSA) is 37.4 Å². The zero-order valence-corrected chi connectivity index (χ0v) is 11.5. The molecule has 1 atom stereocenters. The largest absolute Gasteiger partial charge is 0.478 e. The number of hydrogen-bond acceptors (Lipinski definition) is 4. The summed E-state index contributed by atoms with van der Waals surface area (Å²) in [5.41, 5.74) is 0. The molecule has 0 spiro atoms. The van der Waals surface area contributed by atoms with Gasteiger partial charge in [-0.2, -0.15) is 4.98 Å². The first-order chi connectivity index (χ1) is 8.70. The highest BCUT2D eigenvalue weighted by Crippen LogP contribution is 2.26. The van der Waals surface area contributed by atoms with Crippen molar-refractivity contribution >= 4 is 5.82 Å². The molecule has 0 aliphatic heterocycles. The first kappa shape index (κ1) is 13.1. The SMILES string of the molecule is CCOc1cccc(NCC(C)N(C)C2CC2)n1. The number of pyridine rings is 1. The van der Waals surface area contributed by atoms with Crippen LogP contribution in [0, 0.1) is 0 Å². The number of ether oxygens (including phenoxy) is 1. The average Bonchev–Trinajstić information content (AvgIpc) is 3.20. The van der Waals surface area contributed by atoms with Gasteiger partial charge >= 0.3 is 0 Å². The van der Waals surface area contributed by atoms with Gasteiger partial charge in [-0.15, -0.1) is 0 Å². The molecule has 18 heavy (non-hydrogen) atoms. The van der Waals surface area contributed by atoms with Gasteiger partial charge in [-0.05, 0) is 39.8 Å². The van der Waals surface area contributed by atoms with Gasteiger partial charge in [-0.1, -0.05) is 6.07 Å². The lowest BCUT2D eigenvalue weighted by Crippen LogP contribution is -2.36. The van der Waals surface area contributed by atoms with Crippen LogP contribution in [0.1, 0.15) is 26.7 Å². The van der Waals surface area contributed by atoms with E-state index in [1.807, 2.05) is 25.1 Å². The Labute approximate surface area is 109 Å². The zero-order chi connectivity index (χ0) is 13.0. The minimum Gasteiger partial charge on any atom is -0.478 e. The number of nitrogens with one attached hydrogen (secondary N) is 1. The van der Waals surface area contributed by atoms with E-state index in [4.69, 9.17) is 4.74 Å². The summed E-state index contributed by atoms with van der Waals surface area (Å²) in [6.45, 7) is 5.78. The Hall–Kier alpha value is -1.29. The van der Waals surface area contributed by atoms with Crippen molar-refractivity contribution in [3.05, 3.63) is 18.2 Å². The Kier molecular flexibility index (Phi) is 4.42. The Morgan fingerprint density at radius 1 is 1.50 bits per heavy atom. The lowest BCUT2D eigenvalue weighted by atomic mass is 10.3. The van der Waals surface area contributed by atoms with Crippen molar-refractivity contribution in [1.29, 1.82) is 0 Å². The van der Waals surface area contributed by atoms with Crippen LogP contribution < -0.4 is 10.1 Å². The van der Waals surface area contributed by atoms with E-state index in [-0.39, 0.29) is 0 Å². The molecule has 0 saturated heterocycles. The first-order valence-corrected chi connectivity index (χ1v) is 6.76. The molecule has 1 N–H and O–H groups in total. The molecule has 100 valence electrons. The van der Waals surface area contributed by atoms with Crippen LogP contribution in [0.4, 0.5) is 5.82 Å². The van der Waals surface area contributed by atoms with E-state index < -0.39 is 0 Å². The van der Waals surface area contributed by atoms with Crippen LogP contribution in [0.2, 0.25) is 0 Å². The fourth-order valence-electron chi connectivity index (χ4n) is 1.98. The summed E-state index contributed by atoms with van der Waals surface area (Å²) in [6.07, 6.45) is 2.69. The third-order valence-electron chi connectivity index (χ3n) is 3.41. The number of anilines is 1. The lowest BCUT2D eigenvalue weighted by molar-refractivity contribution is 0.257. The van der Waals surface area contributed by atoms with E-state index in [9.17, 15) is 0 Å². The van der Waals surface area contributed by atoms with Crippen molar-refractivity contribution in [2.75, 3.05) is 25.5 Å². The van der Waals surface area contributed by atoms with Crippen LogP contribution in [0.3, 0.4) is 0 Å². The number of rotatable bonds is 7. The monoisotopic (exact) mass is 249 g/mol. The van der Waals surface area contributed by atoms with Gasteiger partial charge in [0.2, 0.25) is 5.88 Å². The molecule has 0 bridgehead atoms. The van der Waals surface area contributed by atoms with E-state index in [2.05, 4.69) is 29.2 Å². The molecule has 1 aromatic heterocycles. The normalized spacial score (nSPS) is 16.7. The minimum atomic E-state index is 0.523. The smallest absolute Gasteiger partial charge is 0.215 e. The summed E-state index contributed by atoms with van der Waals surface area (Å²) >= 11 is 0. The van der Waals surface area contributed by atoms with Crippen molar-refractivity contribution in [3.63, 3.8) is 0 Å². The van der Waals surface area contributed by atoms with Gasteiger partial charge in [0.25, 0.3) is 0 Å². The molecule has 1 fully saturated rings. The molecular formula is C14H23N3O. The van der Waals surface area contributed by atoms with Crippen LogP contribution >= 0.6 is 0 Å². The molecule has 4 heteroatoms. The van der Waals surface area contributed by atoms with Crippen LogP contribution in [0.5, 0.6) is 5.88 Å². The molecule has 0 radical (unpaired) electrons. The standard InChI is InChI=1S/C14H23N3O/c1-4-18-14-7-5-6-13(16-14)15-10-11(2)17(3)12-8-9-12/h5-7,11-12H,4,8-10H2,1-3H3,(H,15,16). The van der Waals surface area contributed by atoms with Crippen molar-refractivity contribution in [2.45, 2.75) is 38.8 Å². The van der Waals surface area contributed by atoms with Gasteiger partial charge in [0.15, 0.2) is 0 Å². The van der Waals surface area contributed by atoms with Crippen LogP contribution in [-0.4, -0.2) is 42.2 Å². The molecule has 1 heterocycles. The van der Waals surface area contributed by atoms with Crippen molar-refractivity contribution in [3.8, 4) is 5.88 Å². The van der Waals surface area contributed by atoms with Crippen molar-refractivity contribution < 1.29 is 4.74 Å². The highest BCUT2D eigenvalue weighted by molar-refractivity contribution is 5.37. The lowest BCUT2D eigenvalue weighted by Gasteiger charge is -2.24. The Morgan fingerprint density at radius 3 is 2.94 bits per heavy atom. The van der Waals surface area contributed by atoms with E-state index in [0.717, 1.165) is 18.4 Å². The van der Waals surface area contributed by atoms with Crippen LogP contribution in [-0.2, 0) is 0 Å². The molecular weight excluding hydrogens is 226 g/mol. The van der Waals surface area contributed by atoms with Gasteiger partial charge < -0.3 is 10.1 Å². The maximum Gasteiger partial charge on any atom is 0.215 e. The third-order valence-corrected chi connectivity index (χ3v) is 3.41. The highest BCUT2D eigenvalue weighted by atomic mass is 16.5. The molecule has 1 aromatic rings. The molecule has 1 saturated carbocycles. The molecule has 0 aromatic carbocycles. The number of likely N-dealkylation sites (N-methyl/N-ethyl adjacent to an activating group) is 1. The maximum atomic E-state index is 5.39. The van der Waals surface area contributed by atoms with E-state index in [1.165, 1.54) is 12.8 Å².